The minimum atomic E-state index is 0.166. The smallest absolute Gasteiger partial charge is 0.231 e. The van der Waals surface area contributed by atoms with Gasteiger partial charge in [0.15, 0.2) is 0 Å². The van der Waals surface area contributed by atoms with Crippen LogP contribution in [0.1, 0.15) is 24.8 Å². The normalized spacial score (nSPS) is 20.1. The second-order valence-electron chi connectivity index (χ2n) is 5.81. The highest BCUT2D eigenvalue weighted by Gasteiger charge is 2.40. The molecule has 0 saturated heterocycles. The van der Waals surface area contributed by atoms with Crippen LogP contribution in [0.3, 0.4) is 0 Å². The van der Waals surface area contributed by atoms with Crippen LogP contribution in [-0.4, -0.2) is 26.0 Å². The largest absolute Gasteiger partial charge is 0.388 e. The molecule has 1 aliphatic heterocycles. The number of benzene rings is 1. The molecule has 3 rings (SSSR count). The van der Waals surface area contributed by atoms with Crippen LogP contribution < -0.4 is 16.0 Å². The predicted octanol–water partition coefficient (Wildman–Crippen LogP) is 1.75. The summed E-state index contributed by atoms with van der Waals surface area (Å²) >= 11 is 0. The van der Waals surface area contributed by atoms with Gasteiger partial charge in [0.05, 0.1) is 6.42 Å². The van der Waals surface area contributed by atoms with Gasteiger partial charge in [-0.05, 0) is 43.1 Å². The summed E-state index contributed by atoms with van der Waals surface area (Å²) in [5.74, 6) is 0.211. The molecule has 1 saturated carbocycles. The zero-order chi connectivity index (χ0) is 13.5. The van der Waals surface area contributed by atoms with E-state index in [1.807, 2.05) is 18.0 Å². The van der Waals surface area contributed by atoms with Crippen LogP contribution in [0.4, 0.5) is 11.4 Å². The summed E-state index contributed by atoms with van der Waals surface area (Å²) in [6, 6.07) is 6.15. The van der Waals surface area contributed by atoms with E-state index in [4.69, 9.17) is 5.73 Å². The van der Waals surface area contributed by atoms with Gasteiger partial charge >= 0.3 is 0 Å². The quantitative estimate of drug-likeness (QED) is 0.866. The van der Waals surface area contributed by atoms with Crippen molar-refractivity contribution in [3.63, 3.8) is 0 Å². The molecule has 2 aliphatic rings. The Kier molecular flexibility index (Phi) is 2.97. The standard InChI is InChI=1S/C15H21N3O/c1-17-12-3-4-13-11(7-12)8-14(19)18(13)10-15(9-16)5-2-6-15/h3-4,7,17H,2,5-6,8-10,16H2,1H3. The Bertz CT molecular complexity index is 503. The fraction of sp³-hybridized carbons (Fsp3) is 0.533. The predicted molar refractivity (Wildman–Crippen MR) is 77.4 cm³/mol. The van der Waals surface area contributed by atoms with Crippen molar-refractivity contribution in [1.29, 1.82) is 0 Å². The lowest BCUT2D eigenvalue weighted by Crippen LogP contribution is -2.48. The molecular weight excluding hydrogens is 238 g/mol. The highest BCUT2D eigenvalue weighted by atomic mass is 16.2. The number of nitrogens with zero attached hydrogens (tertiary/aromatic N) is 1. The van der Waals surface area contributed by atoms with E-state index < -0.39 is 0 Å². The van der Waals surface area contributed by atoms with Crippen molar-refractivity contribution in [2.45, 2.75) is 25.7 Å². The molecule has 0 atom stereocenters. The molecule has 4 heteroatoms. The number of rotatable bonds is 4. The van der Waals surface area contributed by atoms with Crippen molar-refractivity contribution < 1.29 is 4.79 Å². The number of carbonyl (C=O) groups is 1. The van der Waals surface area contributed by atoms with Gasteiger partial charge in [0.25, 0.3) is 0 Å². The molecule has 0 unspecified atom stereocenters. The molecule has 0 aromatic heterocycles. The summed E-state index contributed by atoms with van der Waals surface area (Å²) in [6.45, 7) is 1.47. The summed E-state index contributed by atoms with van der Waals surface area (Å²) in [5.41, 5.74) is 9.34. The first-order chi connectivity index (χ1) is 9.17. The van der Waals surface area contributed by atoms with Gasteiger partial charge < -0.3 is 16.0 Å². The van der Waals surface area contributed by atoms with E-state index in [1.165, 1.54) is 6.42 Å². The van der Waals surface area contributed by atoms with Crippen LogP contribution in [-0.2, 0) is 11.2 Å². The summed E-state index contributed by atoms with van der Waals surface area (Å²) in [5, 5.41) is 3.12. The lowest BCUT2D eigenvalue weighted by Gasteiger charge is -2.43. The first kappa shape index (κ1) is 12.5. The Morgan fingerprint density at radius 3 is 2.79 bits per heavy atom. The third-order valence-corrected chi connectivity index (χ3v) is 4.64. The van der Waals surface area contributed by atoms with Crippen LogP contribution in [0.5, 0.6) is 0 Å². The number of amides is 1. The minimum Gasteiger partial charge on any atom is -0.388 e. The summed E-state index contributed by atoms with van der Waals surface area (Å²) in [7, 11) is 1.90. The molecule has 1 heterocycles. The molecule has 4 nitrogen and oxygen atoms in total. The van der Waals surface area contributed by atoms with E-state index in [2.05, 4.69) is 17.4 Å². The molecule has 1 aromatic carbocycles. The first-order valence-corrected chi connectivity index (χ1v) is 6.99. The lowest BCUT2D eigenvalue weighted by molar-refractivity contribution is -0.117. The number of nitrogens with one attached hydrogen (secondary N) is 1. The molecular formula is C15H21N3O. The number of hydrogen-bond donors (Lipinski definition) is 2. The minimum absolute atomic E-state index is 0.166. The monoisotopic (exact) mass is 259 g/mol. The fourth-order valence-corrected chi connectivity index (χ4v) is 3.15. The Morgan fingerprint density at radius 2 is 2.21 bits per heavy atom. The molecule has 19 heavy (non-hydrogen) atoms. The van der Waals surface area contributed by atoms with Crippen molar-refractivity contribution in [2.24, 2.45) is 11.1 Å². The molecule has 1 aromatic rings. The van der Waals surface area contributed by atoms with Crippen molar-refractivity contribution in [1.82, 2.24) is 0 Å². The Morgan fingerprint density at radius 1 is 1.42 bits per heavy atom. The van der Waals surface area contributed by atoms with E-state index in [9.17, 15) is 4.79 Å². The van der Waals surface area contributed by atoms with Gasteiger partial charge in [0.2, 0.25) is 5.91 Å². The number of nitrogens with two attached hydrogens (primary N) is 1. The average molecular weight is 259 g/mol. The number of fused-ring (bicyclic) bond motifs is 1. The zero-order valence-electron chi connectivity index (χ0n) is 11.4. The second-order valence-corrected chi connectivity index (χ2v) is 5.81. The van der Waals surface area contributed by atoms with Crippen LogP contribution >= 0.6 is 0 Å². The van der Waals surface area contributed by atoms with Crippen LogP contribution in [0, 0.1) is 5.41 Å². The maximum atomic E-state index is 12.2. The van der Waals surface area contributed by atoms with Gasteiger partial charge in [-0.25, -0.2) is 0 Å². The maximum absolute atomic E-state index is 12.2. The molecule has 1 aliphatic carbocycles. The van der Waals surface area contributed by atoms with E-state index in [0.717, 1.165) is 36.3 Å². The van der Waals surface area contributed by atoms with Crippen LogP contribution in [0.2, 0.25) is 0 Å². The Labute approximate surface area is 114 Å². The van der Waals surface area contributed by atoms with Crippen molar-refractivity contribution in [3.8, 4) is 0 Å². The summed E-state index contributed by atoms with van der Waals surface area (Å²) in [4.78, 5) is 14.2. The molecule has 3 N–H and O–H groups in total. The first-order valence-electron chi connectivity index (χ1n) is 6.99. The molecule has 1 fully saturated rings. The number of carbonyl (C=O) groups excluding carboxylic acids is 1. The number of hydrogen-bond acceptors (Lipinski definition) is 3. The van der Waals surface area contributed by atoms with Gasteiger partial charge in [-0.15, -0.1) is 0 Å². The molecule has 0 bridgehead atoms. The van der Waals surface area contributed by atoms with Gasteiger partial charge in [0, 0.05) is 30.4 Å². The summed E-state index contributed by atoms with van der Waals surface area (Å²) < 4.78 is 0. The molecule has 102 valence electrons. The highest BCUT2D eigenvalue weighted by molar-refractivity contribution is 6.01. The topological polar surface area (TPSA) is 58.4 Å². The van der Waals surface area contributed by atoms with Gasteiger partial charge in [-0.1, -0.05) is 6.42 Å². The molecule has 0 radical (unpaired) electrons. The third kappa shape index (κ3) is 2.00. The average Bonchev–Trinajstić information content (AvgIpc) is 2.68. The zero-order valence-corrected chi connectivity index (χ0v) is 11.4. The van der Waals surface area contributed by atoms with Gasteiger partial charge in [-0.3, -0.25) is 4.79 Å². The van der Waals surface area contributed by atoms with E-state index in [-0.39, 0.29) is 11.3 Å². The lowest BCUT2D eigenvalue weighted by atomic mass is 9.68. The van der Waals surface area contributed by atoms with Crippen molar-refractivity contribution in [2.75, 3.05) is 30.4 Å². The van der Waals surface area contributed by atoms with Crippen LogP contribution in [0.15, 0.2) is 18.2 Å². The van der Waals surface area contributed by atoms with Crippen molar-refractivity contribution >= 4 is 17.3 Å². The summed E-state index contributed by atoms with van der Waals surface area (Å²) in [6.07, 6.45) is 4.06. The fourth-order valence-electron chi connectivity index (χ4n) is 3.15. The van der Waals surface area contributed by atoms with Gasteiger partial charge in [-0.2, -0.15) is 0 Å². The third-order valence-electron chi connectivity index (χ3n) is 4.64. The van der Waals surface area contributed by atoms with Crippen LogP contribution in [0.25, 0.3) is 0 Å². The van der Waals surface area contributed by atoms with E-state index >= 15 is 0 Å². The van der Waals surface area contributed by atoms with E-state index in [1.54, 1.807) is 0 Å². The highest BCUT2D eigenvalue weighted by Crippen LogP contribution is 2.43. The number of anilines is 2. The molecule has 0 spiro atoms. The van der Waals surface area contributed by atoms with Crippen molar-refractivity contribution in [3.05, 3.63) is 23.8 Å². The second kappa shape index (κ2) is 4.53. The SMILES string of the molecule is CNc1ccc2c(c1)CC(=O)N2CC1(CN)CCC1. The van der Waals surface area contributed by atoms with E-state index in [0.29, 0.717) is 13.0 Å². The van der Waals surface area contributed by atoms with Gasteiger partial charge in [0.1, 0.15) is 0 Å². The maximum Gasteiger partial charge on any atom is 0.231 e. The Hall–Kier alpha value is -1.55. The molecule has 1 amide bonds. The Balaban J connectivity index is 1.86.